The molecule has 0 spiro atoms. The molecular weight excluding hydrogens is 486 g/mol. The summed E-state index contributed by atoms with van der Waals surface area (Å²) in [5.74, 6) is -2.06. The standard InChI is InChI=1S/C28H31N5O5/c1-2-38-26(35)13-9-21(8-12-25(29)34)31-28(37)24(18-19-6-4-3-5-7-19)33-27(36)23-11-10-22(32-23)20-14-16-30-17-15-20/h3-7,9-11,13-17,21,24,32H,2,8,12,18H2,1H3,(H2,29,34)(H,31,37)(H,33,36)/t21-,24-/m0/s1. The minimum Gasteiger partial charge on any atom is -0.463 e. The Morgan fingerprint density at radius 3 is 2.45 bits per heavy atom. The normalized spacial score (nSPS) is 12.4. The smallest absolute Gasteiger partial charge is 0.330 e. The maximum absolute atomic E-state index is 13.4. The van der Waals surface area contributed by atoms with Gasteiger partial charge in [0.1, 0.15) is 11.7 Å². The number of carbonyl (C=O) groups is 4. The Morgan fingerprint density at radius 1 is 1.03 bits per heavy atom. The van der Waals surface area contributed by atoms with Gasteiger partial charge in [0.25, 0.3) is 5.91 Å². The molecule has 5 N–H and O–H groups in total. The number of H-pyrrole nitrogens is 1. The number of esters is 1. The molecule has 10 heteroatoms. The Morgan fingerprint density at radius 2 is 1.76 bits per heavy atom. The van der Waals surface area contributed by atoms with E-state index in [-0.39, 0.29) is 31.6 Å². The molecule has 0 bridgehead atoms. The molecule has 2 atom stereocenters. The lowest BCUT2D eigenvalue weighted by atomic mass is 10.0. The molecule has 0 radical (unpaired) electrons. The Labute approximate surface area is 220 Å². The van der Waals surface area contributed by atoms with E-state index in [0.29, 0.717) is 0 Å². The molecule has 0 unspecified atom stereocenters. The van der Waals surface area contributed by atoms with Crippen molar-refractivity contribution in [2.45, 2.75) is 38.3 Å². The second-order valence-electron chi connectivity index (χ2n) is 8.47. The van der Waals surface area contributed by atoms with Crippen LogP contribution in [0, 0.1) is 0 Å². The summed E-state index contributed by atoms with van der Waals surface area (Å²) >= 11 is 0. The summed E-state index contributed by atoms with van der Waals surface area (Å²) in [5, 5.41) is 5.60. The number of benzene rings is 1. The van der Waals surface area contributed by atoms with E-state index in [9.17, 15) is 19.2 Å². The molecule has 2 heterocycles. The highest BCUT2D eigenvalue weighted by Gasteiger charge is 2.24. The van der Waals surface area contributed by atoms with Gasteiger partial charge in [-0.3, -0.25) is 19.4 Å². The highest BCUT2D eigenvalue weighted by atomic mass is 16.5. The van der Waals surface area contributed by atoms with Crippen LogP contribution >= 0.6 is 0 Å². The van der Waals surface area contributed by atoms with Crippen molar-refractivity contribution in [3.05, 3.63) is 90.4 Å². The number of pyridine rings is 1. The van der Waals surface area contributed by atoms with Crippen LogP contribution in [0.3, 0.4) is 0 Å². The van der Waals surface area contributed by atoms with Crippen molar-refractivity contribution in [2.75, 3.05) is 6.61 Å². The molecule has 1 aromatic carbocycles. The topological polar surface area (TPSA) is 156 Å². The van der Waals surface area contributed by atoms with Gasteiger partial charge in [-0.05, 0) is 43.2 Å². The van der Waals surface area contributed by atoms with Crippen molar-refractivity contribution in [3.63, 3.8) is 0 Å². The second kappa shape index (κ2) is 14.1. The van der Waals surface area contributed by atoms with Crippen LogP contribution < -0.4 is 16.4 Å². The molecule has 198 valence electrons. The van der Waals surface area contributed by atoms with E-state index in [1.54, 1.807) is 31.5 Å². The summed E-state index contributed by atoms with van der Waals surface area (Å²) in [5.41, 5.74) is 8.01. The number of amides is 3. The summed E-state index contributed by atoms with van der Waals surface area (Å²) in [6, 6.07) is 14.7. The van der Waals surface area contributed by atoms with Gasteiger partial charge in [-0.25, -0.2) is 4.79 Å². The van der Waals surface area contributed by atoms with Gasteiger partial charge in [-0.1, -0.05) is 36.4 Å². The maximum atomic E-state index is 13.4. The number of primary amides is 1. The molecule has 0 aliphatic rings. The van der Waals surface area contributed by atoms with Crippen molar-refractivity contribution in [1.29, 1.82) is 0 Å². The molecule has 0 saturated heterocycles. The van der Waals surface area contributed by atoms with E-state index >= 15 is 0 Å². The van der Waals surface area contributed by atoms with Gasteiger partial charge < -0.3 is 26.1 Å². The van der Waals surface area contributed by atoms with E-state index in [0.717, 1.165) is 16.8 Å². The second-order valence-corrected chi connectivity index (χ2v) is 8.47. The number of nitrogens with two attached hydrogens (primary N) is 1. The van der Waals surface area contributed by atoms with Gasteiger partial charge in [-0.15, -0.1) is 0 Å². The number of nitrogens with one attached hydrogen (secondary N) is 3. The van der Waals surface area contributed by atoms with Gasteiger partial charge in [0.2, 0.25) is 11.8 Å². The third-order valence-electron chi connectivity index (χ3n) is 5.61. The fourth-order valence-corrected chi connectivity index (χ4v) is 3.71. The van der Waals surface area contributed by atoms with Crippen molar-refractivity contribution < 1.29 is 23.9 Å². The van der Waals surface area contributed by atoms with E-state index in [1.807, 2.05) is 42.5 Å². The summed E-state index contributed by atoms with van der Waals surface area (Å²) in [7, 11) is 0. The quantitative estimate of drug-likeness (QED) is 0.201. The van der Waals surface area contributed by atoms with Crippen LogP contribution in [0.5, 0.6) is 0 Å². The fraction of sp³-hybridized carbons (Fsp3) is 0.250. The zero-order chi connectivity index (χ0) is 27.3. The van der Waals surface area contributed by atoms with E-state index in [2.05, 4.69) is 20.6 Å². The largest absolute Gasteiger partial charge is 0.463 e. The number of rotatable bonds is 13. The minimum atomic E-state index is -0.940. The van der Waals surface area contributed by atoms with Crippen molar-refractivity contribution in [1.82, 2.24) is 20.6 Å². The van der Waals surface area contributed by atoms with Crippen molar-refractivity contribution in [2.24, 2.45) is 5.73 Å². The third-order valence-corrected chi connectivity index (χ3v) is 5.61. The molecule has 0 saturated carbocycles. The predicted molar refractivity (Wildman–Crippen MR) is 142 cm³/mol. The molecule has 2 aromatic heterocycles. The maximum Gasteiger partial charge on any atom is 0.330 e. The van der Waals surface area contributed by atoms with Crippen LogP contribution in [0.25, 0.3) is 11.3 Å². The molecular formula is C28H31N5O5. The van der Waals surface area contributed by atoms with E-state index in [1.165, 1.54) is 12.2 Å². The number of nitrogens with zero attached hydrogens (tertiary/aromatic N) is 1. The first-order valence-corrected chi connectivity index (χ1v) is 12.2. The fourth-order valence-electron chi connectivity index (χ4n) is 3.71. The number of aromatic amines is 1. The number of hydrogen-bond acceptors (Lipinski definition) is 6. The molecule has 3 rings (SSSR count). The first kappa shape index (κ1) is 27.9. The van der Waals surface area contributed by atoms with Gasteiger partial charge in [0.05, 0.1) is 6.61 Å². The highest BCUT2D eigenvalue weighted by Crippen LogP contribution is 2.17. The lowest BCUT2D eigenvalue weighted by molar-refractivity contribution is -0.137. The first-order chi connectivity index (χ1) is 18.4. The van der Waals surface area contributed by atoms with Gasteiger partial charge in [-0.2, -0.15) is 0 Å². The SMILES string of the molecule is CCOC(=O)C=C[C@H](CCC(N)=O)NC(=O)[C@H](Cc1ccccc1)NC(=O)c1ccc(-c2ccncc2)[nH]1. The van der Waals surface area contributed by atoms with Crippen LogP contribution in [0.15, 0.2) is 79.1 Å². The molecule has 3 aromatic rings. The number of hydrogen-bond donors (Lipinski definition) is 4. The van der Waals surface area contributed by atoms with E-state index < -0.39 is 35.8 Å². The number of aromatic nitrogens is 2. The van der Waals surface area contributed by atoms with Crippen LogP contribution in [0.4, 0.5) is 0 Å². The van der Waals surface area contributed by atoms with Gasteiger partial charge in [0.15, 0.2) is 0 Å². The van der Waals surface area contributed by atoms with Crippen molar-refractivity contribution in [3.8, 4) is 11.3 Å². The zero-order valence-corrected chi connectivity index (χ0v) is 21.1. The monoisotopic (exact) mass is 517 g/mol. The molecule has 0 aliphatic heterocycles. The van der Waals surface area contributed by atoms with Crippen LogP contribution in [-0.4, -0.2) is 52.3 Å². The van der Waals surface area contributed by atoms with Crippen molar-refractivity contribution >= 4 is 23.7 Å². The highest BCUT2D eigenvalue weighted by molar-refractivity contribution is 5.97. The van der Waals surface area contributed by atoms with Crippen LogP contribution in [0.2, 0.25) is 0 Å². The summed E-state index contributed by atoms with van der Waals surface area (Å²) < 4.78 is 4.89. The predicted octanol–water partition coefficient (Wildman–Crippen LogP) is 2.29. The Bertz CT molecular complexity index is 1260. The first-order valence-electron chi connectivity index (χ1n) is 12.2. The van der Waals surface area contributed by atoms with Crippen LogP contribution in [0.1, 0.15) is 35.8 Å². The summed E-state index contributed by atoms with van der Waals surface area (Å²) in [6.45, 7) is 1.88. The number of ether oxygens (including phenoxy) is 1. The summed E-state index contributed by atoms with van der Waals surface area (Å²) in [6.07, 6.45) is 6.35. The third kappa shape index (κ3) is 8.74. The lowest BCUT2D eigenvalue weighted by Crippen LogP contribution is -2.50. The lowest BCUT2D eigenvalue weighted by Gasteiger charge is -2.22. The Kier molecular flexibility index (Phi) is 10.3. The number of carbonyl (C=O) groups excluding carboxylic acids is 4. The van der Waals surface area contributed by atoms with E-state index in [4.69, 9.17) is 10.5 Å². The van der Waals surface area contributed by atoms with Gasteiger partial charge in [0, 0.05) is 48.6 Å². The molecule has 3 amide bonds. The molecule has 38 heavy (non-hydrogen) atoms. The Hall–Kier alpha value is -4.73. The summed E-state index contributed by atoms with van der Waals surface area (Å²) in [4.78, 5) is 56.7. The average Bonchev–Trinajstić information content (AvgIpc) is 3.41. The minimum absolute atomic E-state index is 0.00587. The molecule has 0 fully saturated rings. The van der Waals surface area contributed by atoms with Crippen LogP contribution in [-0.2, 0) is 25.5 Å². The zero-order valence-electron chi connectivity index (χ0n) is 21.1. The molecule has 10 nitrogen and oxygen atoms in total. The average molecular weight is 518 g/mol. The molecule has 0 aliphatic carbocycles. The Balaban J connectivity index is 1.78. The van der Waals surface area contributed by atoms with Gasteiger partial charge >= 0.3 is 5.97 Å².